The van der Waals surface area contributed by atoms with Gasteiger partial charge in [-0.2, -0.15) is 0 Å². The molecule has 0 aromatic heterocycles. The van der Waals surface area contributed by atoms with E-state index in [1.165, 1.54) is 0 Å². The van der Waals surface area contributed by atoms with Crippen molar-refractivity contribution >= 4 is 5.91 Å². The fraction of sp³-hybridized carbons (Fsp3) is 0.417. The van der Waals surface area contributed by atoms with Crippen molar-refractivity contribution in [1.29, 1.82) is 0 Å². The van der Waals surface area contributed by atoms with E-state index in [1.54, 1.807) is 4.90 Å². The molecule has 0 saturated carbocycles. The Morgan fingerprint density at radius 1 is 1.40 bits per heavy atom. The number of hydrogen-bond donors (Lipinski definition) is 1. The Balaban J connectivity index is 1.93. The highest BCUT2D eigenvalue weighted by atomic mass is 16.3. The van der Waals surface area contributed by atoms with Gasteiger partial charge in [0.1, 0.15) is 0 Å². The van der Waals surface area contributed by atoms with E-state index in [9.17, 15) is 9.90 Å². The minimum absolute atomic E-state index is 0.109. The van der Waals surface area contributed by atoms with Crippen molar-refractivity contribution in [2.24, 2.45) is 0 Å². The quantitative estimate of drug-likeness (QED) is 0.776. The molecule has 1 fully saturated rings. The molecule has 0 spiro atoms. The zero-order valence-corrected chi connectivity index (χ0v) is 8.60. The second-order valence-corrected chi connectivity index (χ2v) is 3.94. The molecule has 0 bridgehead atoms. The summed E-state index contributed by atoms with van der Waals surface area (Å²) in [6.45, 7) is 1.18. The lowest BCUT2D eigenvalue weighted by molar-refractivity contribution is -0.129. The largest absolute Gasteiger partial charge is 0.391 e. The molecular formula is C12H15NO2. The number of aliphatic hydroxyl groups is 1. The molecule has 1 aliphatic rings. The molecule has 1 aromatic rings. The Morgan fingerprint density at radius 3 is 2.73 bits per heavy atom. The molecule has 1 aliphatic heterocycles. The van der Waals surface area contributed by atoms with E-state index in [0.717, 1.165) is 5.56 Å². The lowest BCUT2D eigenvalue weighted by Crippen LogP contribution is -2.30. The van der Waals surface area contributed by atoms with Gasteiger partial charge in [0.15, 0.2) is 0 Å². The van der Waals surface area contributed by atoms with E-state index in [-0.39, 0.29) is 12.0 Å². The molecule has 80 valence electrons. The summed E-state index contributed by atoms with van der Waals surface area (Å²) in [5.74, 6) is 0.109. The highest BCUT2D eigenvalue weighted by Crippen LogP contribution is 2.11. The summed E-state index contributed by atoms with van der Waals surface area (Å²) in [4.78, 5) is 13.5. The standard InChI is InChI=1S/C12H15NO2/c14-11-6-7-13(9-11)12(15)8-10-4-2-1-3-5-10/h1-5,11,14H,6-9H2/t11-/m0/s1. The molecule has 0 unspecified atom stereocenters. The predicted molar refractivity (Wildman–Crippen MR) is 57.3 cm³/mol. The first-order valence-corrected chi connectivity index (χ1v) is 5.25. The Bertz CT molecular complexity index is 337. The summed E-state index contributed by atoms with van der Waals surface area (Å²) in [5.41, 5.74) is 1.03. The minimum atomic E-state index is -0.329. The fourth-order valence-corrected chi connectivity index (χ4v) is 1.85. The number of benzene rings is 1. The average Bonchev–Trinajstić information content (AvgIpc) is 2.66. The predicted octanol–water partition coefficient (Wildman–Crippen LogP) is 0.822. The molecule has 2 rings (SSSR count). The Hall–Kier alpha value is -1.35. The van der Waals surface area contributed by atoms with Crippen molar-refractivity contribution < 1.29 is 9.90 Å². The van der Waals surface area contributed by atoms with E-state index < -0.39 is 0 Å². The number of rotatable bonds is 2. The number of β-amino-alcohol motifs (C(OH)–C–C–N with tert-alkyl or cyclic N) is 1. The molecule has 15 heavy (non-hydrogen) atoms. The summed E-state index contributed by atoms with van der Waals surface area (Å²) in [7, 11) is 0. The van der Waals surface area contributed by atoms with Gasteiger partial charge in [0, 0.05) is 13.1 Å². The van der Waals surface area contributed by atoms with E-state index in [0.29, 0.717) is 25.9 Å². The SMILES string of the molecule is O=C(Cc1ccccc1)N1CC[C@H](O)C1. The highest BCUT2D eigenvalue weighted by Gasteiger charge is 2.24. The minimum Gasteiger partial charge on any atom is -0.391 e. The van der Waals surface area contributed by atoms with E-state index in [2.05, 4.69) is 0 Å². The van der Waals surface area contributed by atoms with E-state index in [1.807, 2.05) is 30.3 Å². The van der Waals surface area contributed by atoms with Gasteiger partial charge in [-0.3, -0.25) is 4.79 Å². The monoisotopic (exact) mass is 205 g/mol. The normalized spacial score (nSPS) is 20.6. The molecule has 1 atom stereocenters. The van der Waals surface area contributed by atoms with Crippen molar-refractivity contribution in [3.05, 3.63) is 35.9 Å². The van der Waals surface area contributed by atoms with E-state index >= 15 is 0 Å². The maximum Gasteiger partial charge on any atom is 0.227 e. The first-order valence-electron chi connectivity index (χ1n) is 5.25. The maximum absolute atomic E-state index is 11.8. The van der Waals surface area contributed by atoms with Crippen LogP contribution in [0.1, 0.15) is 12.0 Å². The molecule has 0 radical (unpaired) electrons. The van der Waals surface area contributed by atoms with Crippen LogP contribution in [0.25, 0.3) is 0 Å². The molecule has 1 N–H and O–H groups in total. The summed E-state index contributed by atoms with van der Waals surface area (Å²) >= 11 is 0. The summed E-state index contributed by atoms with van der Waals surface area (Å²) < 4.78 is 0. The van der Waals surface area contributed by atoms with Crippen LogP contribution in [0.15, 0.2) is 30.3 Å². The van der Waals surface area contributed by atoms with Crippen LogP contribution in [-0.2, 0) is 11.2 Å². The summed E-state index contributed by atoms with van der Waals surface area (Å²) in [6.07, 6.45) is 0.818. The molecule has 1 amide bonds. The van der Waals surface area contributed by atoms with E-state index in [4.69, 9.17) is 0 Å². The Labute approximate surface area is 89.3 Å². The number of carbonyl (C=O) groups is 1. The van der Waals surface area contributed by atoms with Crippen molar-refractivity contribution in [3.8, 4) is 0 Å². The number of hydrogen-bond acceptors (Lipinski definition) is 2. The molecule has 1 aromatic carbocycles. The van der Waals surface area contributed by atoms with Gasteiger partial charge in [-0.05, 0) is 12.0 Å². The van der Waals surface area contributed by atoms with Gasteiger partial charge in [-0.25, -0.2) is 0 Å². The Kier molecular flexibility index (Phi) is 3.02. The topological polar surface area (TPSA) is 40.5 Å². The van der Waals surface area contributed by atoms with Gasteiger partial charge >= 0.3 is 0 Å². The molecular weight excluding hydrogens is 190 g/mol. The van der Waals surface area contributed by atoms with Crippen LogP contribution in [0.2, 0.25) is 0 Å². The number of likely N-dealkylation sites (tertiary alicyclic amines) is 1. The van der Waals surface area contributed by atoms with Crippen molar-refractivity contribution in [2.45, 2.75) is 18.9 Å². The third-order valence-corrected chi connectivity index (χ3v) is 2.71. The smallest absolute Gasteiger partial charge is 0.227 e. The average molecular weight is 205 g/mol. The van der Waals surface area contributed by atoms with Gasteiger partial charge in [-0.1, -0.05) is 30.3 Å². The highest BCUT2D eigenvalue weighted by molar-refractivity contribution is 5.79. The van der Waals surface area contributed by atoms with Crippen LogP contribution >= 0.6 is 0 Å². The number of carbonyl (C=O) groups excluding carboxylic acids is 1. The number of nitrogens with zero attached hydrogens (tertiary/aromatic N) is 1. The van der Waals surface area contributed by atoms with Crippen molar-refractivity contribution in [2.75, 3.05) is 13.1 Å². The third-order valence-electron chi connectivity index (χ3n) is 2.71. The van der Waals surface area contributed by atoms with Gasteiger partial charge in [-0.15, -0.1) is 0 Å². The maximum atomic E-state index is 11.8. The lowest BCUT2D eigenvalue weighted by atomic mass is 10.1. The van der Waals surface area contributed by atoms with Crippen LogP contribution in [0.4, 0.5) is 0 Å². The molecule has 1 heterocycles. The molecule has 3 nitrogen and oxygen atoms in total. The molecule has 3 heteroatoms. The van der Waals surface area contributed by atoms with Crippen LogP contribution in [0.5, 0.6) is 0 Å². The van der Waals surface area contributed by atoms with Crippen molar-refractivity contribution in [3.63, 3.8) is 0 Å². The molecule has 0 aliphatic carbocycles. The van der Waals surface area contributed by atoms with Gasteiger partial charge in [0.2, 0.25) is 5.91 Å². The van der Waals surface area contributed by atoms with Crippen molar-refractivity contribution in [1.82, 2.24) is 4.90 Å². The number of amides is 1. The summed E-state index contributed by atoms with van der Waals surface area (Å²) in [5, 5.41) is 9.32. The molecule has 1 saturated heterocycles. The van der Waals surface area contributed by atoms with Crippen LogP contribution in [-0.4, -0.2) is 35.1 Å². The lowest BCUT2D eigenvalue weighted by Gasteiger charge is -2.15. The fourth-order valence-electron chi connectivity index (χ4n) is 1.85. The van der Waals surface area contributed by atoms with Gasteiger partial charge in [0.25, 0.3) is 0 Å². The number of aliphatic hydroxyl groups excluding tert-OH is 1. The second kappa shape index (κ2) is 4.45. The first kappa shape index (κ1) is 10.2. The van der Waals surface area contributed by atoms with Crippen LogP contribution in [0, 0.1) is 0 Å². The van der Waals surface area contributed by atoms with Gasteiger partial charge < -0.3 is 10.0 Å². The Morgan fingerprint density at radius 2 is 2.13 bits per heavy atom. The third kappa shape index (κ3) is 2.57. The van der Waals surface area contributed by atoms with Gasteiger partial charge in [0.05, 0.1) is 12.5 Å². The zero-order valence-electron chi connectivity index (χ0n) is 8.60. The van der Waals surface area contributed by atoms with Crippen LogP contribution < -0.4 is 0 Å². The second-order valence-electron chi connectivity index (χ2n) is 3.94. The summed E-state index contributed by atoms with van der Waals surface area (Å²) in [6, 6.07) is 9.70. The first-order chi connectivity index (χ1) is 7.25. The van der Waals surface area contributed by atoms with Crippen LogP contribution in [0.3, 0.4) is 0 Å². The zero-order chi connectivity index (χ0) is 10.7.